The fourth-order valence-electron chi connectivity index (χ4n) is 3.16. The zero-order valence-corrected chi connectivity index (χ0v) is 12.8. The Morgan fingerprint density at radius 3 is 2.61 bits per heavy atom. The van der Waals surface area contributed by atoms with Crippen LogP contribution in [0.5, 0.6) is 0 Å². The molecule has 2 nitrogen and oxygen atoms in total. The van der Waals surface area contributed by atoms with E-state index in [1.807, 2.05) is 18.2 Å². The van der Waals surface area contributed by atoms with Gasteiger partial charge in [0.15, 0.2) is 0 Å². The van der Waals surface area contributed by atoms with E-state index in [9.17, 15) is 13.6 Å². The lowest BCUT2D eigenvalue weighted by Crippen LogP contribution is -2.46. The van der Waals surface area contributed by atoms with Crippen LogP contribution in [0.3, 0.4) is 0 Å². The average Bonchev–Trinajstić information content (AvgIpc) is 2.49. The van der Waals surface area contributed by atoms with Crippen LogP contribution in [0.4, 0.5) is 8.78 Å². The highest BCUT2D eigenvalue weighted by atomic mass is 19.1. The van der Waals surface area contributed by atoms with Gasteiger partial charge < -0.3 is 9.69 Å². The van der Waals surface area contributed by atoms with Crippen LogP contribution in [0, 0.1) is 11.6 Å². The minimum atomic E-state index is -0.540. The van der Waals surface area contributed by atoms with Gasteiger partial charge in [0.05, 0.1) is 0 Å². The van der Waals surface area contributed by atoms with Crippen molar-refractivity contribution in [2.75, 3.05) is 19.6 Å². The molecule has 0 aromatic heterocycles. The van der Waals surface area contributed by atoms with Crippen LogP contribution in [0.25, 0.3) is 0 Å². The number of hydrogen-bond donors (Lipinski definition) is 0. The number of halogens is 2. The van der Waals surface area contributed by atoms with Crippen LogP contribution in [0.15, 0.2) is 42.5 Å². The molecular formula is C19H19F2NO. The maximum Gasteiger partial charge on any atom is 0.129 e. The van der Waals surface area contributed by atoms with E-state index in [0.717, 1.165) is 37.6 Å². The van der Waals surface area contributed by atoms with Gasteiger partial charge in [-0.15, -0.1) is 0 Å². The van der Waals surface area contributed by atoms with Crippen LogP contribution >= 0.6 is 0 Å². The largest absolute Gasteiger partial charge is 0.303 e. The van der Waals surface area contributed by atoms with Crippen LogP contribution < -0.4 is 0 Å². The van der Waals surface area contributed by atoms with E-state index in [1.54, 1.807) is 0 Å². The fourth-order valence-corrected chi connectivity index (χ4v) is 3.16. The van der Waals surface area contributed by atoms with Gasteiger partial charge >= 0.3 is 0 Å². The van der Waals surface area contributed by atoms with Crippen molar-refractivity contribution in [3.63, 3.8) is 0 Å². The molecule has 2 aromatic rings. The highest BCUT2D eigenvalue weighted by Gasteiger charge is 2.29. The second kappa shape index (κ2) is 7.01. The Labute approximate surface area is 134 Å². The molecule has 0 amide bonds. The molecule has 0 radical (unpaired) electrons. The number of carbonyl (C=O) groups excluding carboxylic acids is 1. The molecule has 1 aliphatic rings. The molecule has 0 saturated carbocycles. The minimum absolute atomic E-state index is 0.434. The summed E-state index contributed by atoms with van der Waals surface area (Å²) in [7, 11) is 0. The molecule has 2 aromatic carbocycles. The minimum Gasteiger partial charge on any atom is -0.303 e. The first-order chi connectivity index (χ1) is 11.2. The third kappa shape index (κ3) is 3.64. The fraction of sp³-hybridized carbons (Fsp3) is 0.316. The Hall–Kier alpha value is -2.07. The molecule has 23 heavy (non-hydrogen) atoms. The van der Waals surface area contributed by atoms with Gasteiger partial charge in [-0.05, 0) is 29.2 Å². The number of rotatable bonds is 6. The van der Waals surface area contributed by atoms with Gasteiger partial charge in [0, 0.05) is 38.0 Å². The smallest absolute Gasteiger partial charge is 0.129 e. The first-order valence-corrected chi connectivity index (χ1v) is 7.85. The third-order valence-electron chi connectivity index (χ3n) is 4.47. The number of carbonyl (C=O) groups is 1. The molecule has 0 bridgehead atoms. The summed E-state index contributed by atoms with van der Waals surface area (Å²) < 4.78 is 26.5. The first-order valence-electron chi connectivity index (χ1n) is 7.85. The molecule has 1 heterocycles. The van der Waals surface area contributed by atoms with E-state index in [-0.39, 0.29) is 0 Å². The number of benzene rings is 2. The van der Waals surface area contributed by atoms with Crippen molar-refractivity contribution in [3.8, 4) is 0 Å². The lowest BCUT2D eigenvalue weighted by atomic mass is 9.87. The van der Waals surface area contributed by atoms with Crippen molar-refractivity contribution in [2.24, 2.45) is 0 Å². The predicted molar refractivity (Wildman–Crippen MR) is 85.5 cm³/mol. The highest BCUT2D eigenvalue weighted by Crippen LogP contribution is 2.29. The van der Waals surface area contributed by atoms with Crippen molar-refractivity contribution in [2.45, 2.75) is 18.8 Å². The van der Waals surface area contributed by atoms with E-state index in [1.165, 1.54) is 17.7 Å². The molecule has 0 unspecified atom stereocenters. The topological polar surface area (TPSA) is 20.3 Å². The second-order valence-electron chi connectivity index (χ2n) is 6.01. The van der Waals surface area contributed by atoms with Crippen LogP contribution in [0.1, 0.15) is 22.6 Å². The third-order valence-corrected chi connectivity index (χ3v) is 4.47. The summed E-state index contributed by atoms with van der Waals surface area (Å²) in [6.07, 6.45) is 1.97. The number of likely N-dealkylation sites (tertiary alicyclic amines) is 1. The molecule has 120 valence electrons. The molecular weight excluding hydrogens is 296 g/mol. The van der Waals surface area contributed by atoms with Crippen molar-refractivity contribution >= 4 is 6.29 Å². The van der Waals surface area contributed by atoms with Gasteiger partial charge in [0.1, 0.15) is 17.9 Å². The Morgan fingerprint density at radius 1 is 1.09 bits per heavy atom. The van der Waals surface area contributed by atoms with Crippen LogP contribution in [-0.4, -0.2) is 30.8 Å². The Morgan fingerprint density at radius 2 is 1.87 bits per heavy atom. The standard InChI is InChI=1S/C19H19F2NO/c20-17-6-5-15(19(21)11-17)7-9-22-12-16(13-22)18-4-2-1-3-14(18)8-10-23/h1-6,10-11,16H,7-9,12-13H2. The van der Waals surface area contributed by atoms with Gasteiger partial charge in [-0.25, -0.2) is 8.78 Å². The normalized spacial score (nSPS) is 15.4. The molecule has 1 aliphatic heterocycles. The van der Waals surface area contributed by atoms with Gasteiger partial charge in [-0.2, -0.15) is 0 Å². The summed E-state index contributed by atoms with van der Waals surface area (Å²) in [6, 6.07) is 11.8. The van der Waals surface area contributed by atoms with E-state index < -0.39 is 11.6 Å². The second-order valence-corrected chi connectivity index (χ2v) is 6.01. The van der Waals surface area contributed by atoms with Crippen LogP contribution in [-0.2, 0) is 17.6 Å². The van der Waals surface area contributed by atoms with Gasteiger partial charge in [-0.1, -0.05) is 30.3 Å². The Bertz CT molecular complexity index is 696. The predicted octanol–water partition coefficient (Wildman–Crippen LogP) is 3.35. The van der Waals surface area contributed by atoms with E-state index >= 15 is 0 Å². The monoisotopic (exact) mass is 315 g/mol. The molecule has 1 fully saturated rings. The summed E-state index contributed by atoms with van der Waals surface area (Å²) in [6.45, 7) is 2.59. The molecule has 4 heteroatoms. The molecule has 0 N–H and O–H groups in total. The summed E-state index contributed by atoms with van der Waals surface area (Å²) in [5.41, 5.74) is 2.89. The zero-order chi connectivity index (χ0) is 16.2. The van der Waals surface area contributed by atoms with Gasteiger partial charge in [-0.3, -0.25) is 0 Å². The number of aldehydes is 1. The first kappa shape index (κ1) is 15.8. The Kier molecular flexibility index (Phi) is 4.82. The molecule has 0 aliphatic carbocycles. The van der Waals surface area contributed by atoms with Crippen molar-refractivity contribution in [3.05, 3.63) is 70.8 Å². The molecule has 0 atom stereocenters. The van der Waals surface area contributed by atoms with Crippen LogP contribution in [0.2, 0.25) is 0 Å². The lowest BCUT2D eigenvalue weighted by molar-refractivity contribution is -0.107. The van der Waals surface area contributed by atoms with E-state index in [0.29, 0.717) is 24.3 Å². The van der Waals surface area contributed by atoms with Gasteiger partial charge in [0.2, 0.25) is 0 Å². The average molecular weight is 315 g/mol. The summed E-state index contributed by atoms with van der Waals surface area (Å²) in [5.74, 6) is -0.579. The zero-order valence-electron chi connectivity index (χ0n) is 12.8. The van der Waals surface area contributed by atoms with Crippen molar-refractivity contribution < 1.29 is 13.6 Å². The molecule has 0 spiro atoms. The number of nitrogens with zero attached hydrogens (tertiary/aromatic N) is 1. The van der Waals surface area contributed by atoms with E-state index in [2.05, 4.69) is 11.0 Å². The SMILES string of the molecule is O=CCc1ccccc1C1CN(CCc2ccc(F)cc2F)C1. The molecule has 3 rings (SSSR count). The van der Waals surface area contributed by atoms with E-state index in [4.69, 9.17) is 0 Å². The summed E-state index contributed by atoms with van der Waals surface area (Å²) in [4.78, 5) is 13.0. The quantitative estimate of drug-likeness (QED) is 0.762. The molecule has 1 saturated heterocycles. The maximum atomic E-state index is 13.6. The van der Waals surface area contributed by atoms with Crippen molar-refractivity contribution in [1.29, 1.82) is 0 Å². The lowest BCUT2D eigenvalue weighted by Gasteiger charge is -2.40. The Balaban J connectivity index is 1.54. The summed E-state index contributed by atoms with van der Waals surface area (Å²) in [5, 5.41) is 0. The van der Waals surface area contributed by atoms with Crippen molar-refractivity contribution in [1.82, 2.24) is 4.90 Å². The van der Waals surface area contributed by atoms with Gasteiger partial charge in [0.25, 0.3) is 0 Å². The summed E-state index contributed by atoms with van der Waals surface area (Å²) >= 11 is 0. The number of hydrogen-bond acceptors (Lipinski definition) is 2. The maximum absolute atomic E-state index is 13.6. The highest BCUT2D eigenvalue weighted by molar-refractivity contribution is 5.56.